The fourth-order valence-corrected chi connectivity index (χ4v) is 2.69. The first-order valence-electron chi connectivity index (χ1n) is 9.06. The SMILES string of the molecule is CCOc1ccc(OCCNC(=O)C[NH+](C)Cc2ccccc2C)cc1. The lowest BCUT2D eigenvalue weighted by Gasteiger charge is -2.15. The fourth-order valence-electron chi connectivity index (χ4n) is 2.69. The van der Waals surface area contributed by atoms with Gasteiger partial charge in [-0.05, 0) is 43.7 Å². The van der Waals surface area contributed by atoms with Crippen LogP contribution in [0.2, 0.25) is 0 Å². The molecule has 2 aromatic rings. The Balaban J connectivity index is 1.64. The van der Waals surface area contributed by atoms with Gasteiger partial charge in [-0.1, -0.05) is 24.3 Å². The molecule has 5 heteroatoms. The van der Waals surface area contributed by atoms with Gasteiger partial charge in [-0.3, -0.25) is 4.79 Å². The van der Waals surface area contributed by atoms with Crippen LogP contribution >= 0.6 is 0 Å². The number of carbonyl (C=O) groups excluding carboxylic acids is 1. The lowest BCUT2D eigenvalue weighted by atomic mass is 10.1. The summed E-state index contributed by atoms with van der Waals surface area (Å²) in [6, 6.07) is 15.8. The highest BCUT2D eigenvalue weighted by molar-refractivity contribution is 5.76. The Morgan fingerprint density at radius 2 is 1.69 bits per heavy atom. The van der Waals surface area contributed by atoms with E-state index in [1.54, 1.807) is 0 Å². The highest BCUT2D eigenvalue weighted by Crippen LogP contribution is 2.17. The van der Waals surface area contributed by atoms with Gasteiger partial charge >= 0.3 is 0 Å². The summed E-state index contributed by atoms with van der Waals surface area (Å²) in [4.78, 5) is 13.2. The van der Waals surface area contributed by atoms with Crippen LogP contribution in [0.1, 0.15) is 18.1 Å². The summed E-state index contributed by atoms with van der Waals surface area (Å²) in [6.45, 7) is 6.90. The molecule has 5 nitrogen and oxygen atoms in total. The van der Waals surface area contributed by atoms with Gasteiger partial charge in [0.15, 0.2) is 6.54 Å². The zero-order chi connectivity index (χ0) is 18.8. The molecule has 0 spiro atoms. The highest BCUT2D eigenvalue weighted by atomic mass is 16.5. The Labute approximate surface area is 155 Å². The number of amides is 1. The third-order valence-corrected chi connectivity index (χ3v) is 4.04. The minimum Gasteiger partial charge on any atom is -0.494 e. The van der Waals surface area contributed by atoms with Crippen molar-refractivity contribution in [2.45, 2.75) is 20.4 Å². The summed E-state index contributed by atoms with van der Waals surface area (Å²) in [5, 5.41) is 2.91. The minimum atomic E-state index is 0.0337. The second-order valence-electron chi connectivity index (χ2n) is 6.34. The molecule has 2 N–H and O–H groups in total. The number of ether oxygens (including phenoxy) is 2. The van der Waals surface area contributed by atoms with Crippen LogP contribution in [0.3, 0.4) is 0 Å². The van der Waals surface area contributed by atoms with Crippen LogP contribution in [0.5, 0.6) is 11.5 Å². The van der Waals surface area contributed by atoms with E-state index >= 15 is 0 Å². The van der Waals surface area contributed by atoms with Crippen molar-refractivity contribution in [2.75, 3.05) is 33.4 Å². The smallest absolute Gasteiger partial charge is 0.275 e. The molecule has 0 saturated heterocycles. The molecule has 2 rings (SSSR count). The van der Waals surface area contributed by atoms with Crippen molar-refractivity contribution >= 4 is 5.91 Å². The predicted octanol–water partition coefficient (Wildman–Crippen LogP) is 1.60. The Hall–Kier alpha value is -2.53. The molecule has 2 aromatic carbocycles. The van der Waals surface area contributed by atoms with E-state index in [9.17, 15) is 4.79 Å². The van der Waals surface area contributed by atoms with Gasteiger partial charge in [-0.15, -0.1) is 0 Å². The normalized spacial score (nSPS) is 11.7. The predicted molar refractivity (Wildman–Crippen MR) is 103 cm³/mol. The van der Waals surface area contributed by atoms with Crippen molar-refractivity contribution in [1.29, 1.82) is 0 Å². The molecule has 0 saturated carbocycles. The molecular formula is C21H29N2O3+. The van der Waals surface area contributed by atoms with Crippen LogP contribution in [0.25, 0.3) is 0 Å². The second-order valence-corrected chi connectivity index (χ2v) is 6.34. The summed E-state index contributed by atoms with van der Waals surface area (Å²) in [7, 11) is 2.03. The molecule has 0 aliphatic carbocycles. The molecule has 0 aliphatic rings. The van der Waals surface area contributed by atoms with E-state index in [-0.39, 0.29) is 5.91 Å². The second kappa shape index (κ2) is 10.5. The molecule has 0 bridgehead atoms. The van der Waals surface area contributed by atoms with E-state index in [1.807, 2.05) is 50.4 Å². The topological polar surface area (TPSA) is 52.0 Å². The van der Waals surface area contributed by atoms with Gasteiger partial charge in [0.25, 0.3) is 5.91 Å². The van der Waals surface area contributed by atoms with Crippen molar-refractivity contribution in [3.63, 3.8) is 0 Å². The largest absolute Gasteiger partial charge is 0.494 e. The zero-order valence-electron chi connectivity index (χ0n) is 15.9. The number of hydrogen-bond acceptors (Lipinski definition) is 3. The Morgan fingerprint density at radius 1 is 1.04 bits per heavy atom. The van der Waals surface area contributed by atoms with Crippen molar-refractivity contribution in [3.05, 3.63) is 59.7 Å². The summed E-state index contributed by atoms with van der Waals surface area (Å²) >= 11 is 0. The maximum absolute atomic E-state index is 12.1. The minimum absolute atomic E-state index is 0.0337. The number of carbonyl (C=O) groups is 1. The third-order valence-electron chi connectivity index (χ3n) is 4.04. The van der Waals surface area contributed by atoms with E-state index in [4.69, 9.17) is 9.47 Å². The van der Waals surface area contributed by atoms with E-state index < -0.39 is 0 Å². The van der Waals surface area contributed by atoms with E-state index in [2.05, 4.69) is 24.4 Å². The fraction of sp³-hybridized carbons (Fsp3) is 0.381. The van der Waals surface area contributed by atoms with Gasteiger partial charge in [-0.25, -0.2) is 0 Å². The number of nitrogens with one attached hydrogen (secondary N) is 2. The molecule has 0 fully saturated rings. The quantitative estimate of drug-likeness (QED) is 0.635. The summed E-state index contributed by atoms with van der Waals surface area (Å²) in [6.07, 6.45) is 0. The van der Waals surface area contributed by atoms with Gasteiger partial charge in [0, 0.05) is 5.56 Å². The molecule has 1 unspecified atom stereocenters. The van der Waals surface area contributed by atoms with Crippen LogP contribution in [0.15, 0.2) is 48.5 Å². The average Bonchev–Trinajstić information content (AvgIpc) is 2.62. The number of quaternary nitrogens is 1. The lowest BCUT2D eigenvalue weighted by molar-refractivity contribution is -0.885. The van der Waals surface area contributed by atoms with Crippen molar-refractivity contribution in [3.8, 4) is 11.5 Å². The zero-order valence-corrected chi connectivity index (χ0v) is 15.9. The standard InChI is InChI=1S/C21H28N2O3/c1-4-25-19-9-11-20(12-10-19)26-14-13-22-21(24)16-23(3)15-18-8-6-5-7-17(18)2/h5-12H,4,13-16H2,1-3H3,(H,22,24)/p+1. The summed E-state index contributed by atoms with van der Waals surface area (Å²) < 4.78 is 11.0. The van der Waals surface area contributed by atoms with E-state index in [1.165, 1.54) is 11.1 Å². The average molecular weight is 357 g/mol. The summed E-state index contributed by atoms with van der Waals surface area (Å²) in [5.74, 6) is 1.63. The van der Waals surface area contributed by atoms with Crippen LogP contribution < -0.4 is 19.7 Å². The molecule has 1 atom stereocenters. The molecule has 1 amide bonds. The lowest BCUT2D eigenvalue weighted by Crippen LogP contribution is -3.09. The van der Waals surface area contributed by atoms with E-state index in [0.29, 0.717) is 26.3 Å². The molecule has 0 aromatic heterocycles. The number of rotatable bonds is 10. The van der Waals surface area contributed by atoms with Crippen LogP contribution in [0, 0.1) is 6.92 Å². The molecule has 0 heterocycles. The van der Waals surface area contributed by atoms with Gasteiger partial charge in [-0.2, -0.15) is 0 Å². The van der Waals surface area contributed by atoms with Crippen molar-refractivity contribution < 1.29 is 19.2 Å². The molecule has 26 heavy (non-hydrogen) atoms. The summed E-state index contributed by atoms with van der Waals surface area (Å²) in [5.41, 5.74) is 2.53. The van der Waals surface area contributed by atoms with Gasteiger partial charge in [0.1, 0.15) is 24.7 Å². The third kappa shape index (κ3) is 6.76. The van der Waals surface area contributed by atoms with Gasteiger partial charge < -0.3 is 19.7 Å². The Kier molecular flexibility index (Phi) is 7.96. The molecule has 0 radical (unpaired) electrons. The highest BCUT2D eigenvalue weighted by Gasteiger charge is 2.11. The van der Waals surface area contributed by atoms with Crippen molar-refractivity contribution in [2.24, 2.45) is 0 Å². The first kappa shape index (κ1) is 19.8. The number of hydrogen-bond donors (Lipinski definition) is 2. The van der Waals surface area contributed by atoms with E-state index in [0.717, 1.165) is 22.9 Å². The maximum Gasteiger partial charge on any atom is 0.275 e. The van der Waals surface area contributed by atoms with Crippen molar-refractivity contribution in [1.82, 2.24) is 5.32 Å². The number of aryl methyl sites for hydroxylation is 1. The monoisotopic (exact) mass is 357 g/mol. The first-order valence-corrected chi connectivity index (χ1v) is 9.06. The van der Waals surface area contributed by atoms with Crippen LogP contribution in [-0.2, 0) is 11.3 Å². The Bertz CT molecular complexity index is 686. The van der Waals surface area contributed by atoms with Crippen LogP contribution in [-0.4, -0.2) is 39.3 Å². The van der Waals surface area contributed by atoms with Gasteiger partial charge in [0.2, 0.25) is 0 Å². The molecule has 140 valence electrons. The number of likely N-dealkylation sites (N-methyl/N-ethyl adjacent to an activating group) is 1. The maximum atomic E-state index is 12.1. The Morgan fingerprint density at radius 3 is 2.35 bits per heavy atom. The van der Waals surface area contributed by atoms with Crippen LogP contribution in [0.4, 0.5) is 0 Å². The number of benzene rings is 2. The first-order chi connectivity index (χ1) is 12.6. The van der Waals surface area contributed by atoms with Gasteiger partial charge in [0.05, 0.1) is 20.2 Å². The molecule has 0 aliphatic heterocycles. The molecular weight excluding hydrogens is 328 g/mol.